The summed E-state index contributed by atoms with van der Waals surface area (Å²) >= 11 is 0. The molecule has 2 rings (SSSR count). The number of nitrogens with zero attached hydrogens (tertiary/aromatic N) is 2. The second kappa shape index (κ2) is 5.29. The lowest BCUT2D eigenvalue weighted by Gasteiger charge is -2.37. The van der Waals surface area contributed by atoms with Gasteiger partial charge in [-0.05, 0) is 12.8 Å². The number of aliphatic carboxylic acids is 1. The monoisotopic (exact) mass is 267 g/mol. The van der Waals surface area contributed by atoms with E-state index in [0.717, 1.165) is 6.42 Å². The zero-order chi connectivity index (χ0) is 13.9. The molecule has 1 fully saturated rings. The van der Waals surface area contributed by atoms with Crippen LogP contribution in [0.4, 0.5) is 5.95 Å². The third kappa shape index (κ3) is 2.69. The minimum atomic E-state index is -0.777. The Kier molecular flexibility index (Phi) is 3.73. The van der Waals surface area contributed by atoms with Gasteiger partial charge < -0.3 is 19.9 Å². The number of methoxy groups -OCH3 is 2. The van der Waals surface area contributed by atoms with Gasteiger partial charge in [0.05, 0.1) is 25.7 Å². The van der Waals surface area contributed by atoms with Crippen LogP contribution in [0, 0.1) is 5.41 Å². The summed E-state index contributed by atoms with van der Waals surface area (Å²) in [7, 11) is 2.99. The maximum Gasteiger partial charge on any atom is 0.311 e. The predicted octanol–water partition coefficient (Wildman–Crippen LogP) is 1.16. The number of carboxylic acids is 1. The summed E-state index contributed by atoms with van der Waals surface area (Å²) in [6.45, 7) is 0.304. The van der Waals surface area contributed by atoms with Crippen molar-refractivity contribution in [2.75, 3.05) is 26.1 Å². The molecule has 0 aliphatic heterocycles. The summed E-state index contributed by atoms with van der Waals surface area (Å²) in [5, 5.41) is 12.2. The zero-order valence-corrected chi connectivity index (χ0v) is 11.0. The first-order valence-electron chi connectivity index (χ1n) is 6.04. The molecule has 1 aliphatic rings. The van der Waals surface area contributed by atoms with Crippen molar-refractivity contribution in [3.05, 3.63) is 6.07 Å². The van der Waals surface area contributed by atoms with Gasteiger partial charge in [0, 0.05) is 6.54 Å². The molecule has 0 unspecified atom stereocenters. The Hall–Kier alpha value is -2.05. The number of carboxylic acid groups (broad SMARTS) is 1. The van der Waals surface area contributed by atoms with E-state index in [2.05, 4.69) is 15.3 Å². The first-order chi connectivity index (χ1) is 9.09. The normalized spacial score (nSPS) is 16.3. The summed E-state index contributed by atoms with van der Waals surface area (Å²) in [6.07, 6.45) is 2.29. The van der Waals surface area contributed by atoms with Crippen molar-refractivity contribution in [2.24, 2.45) is 5.41 Å². The van der Waals surface area contributed by atoms with Crippen LogP contribution < -0.4 is 14.8 Å². The molecule has 2 N–H and O–H groups in total. The third-order valence-electron chi connectivity index (χ3n) is 3.45. The number of aromatic nitrogens is 2. The molecule has 1 aromatic heterocycles. The van der Waals surface area contributed by atoms with E-state index in [0.29, 0.717) is 37.1 Å². The minimum absolute atomic E-state index is 0.304. The van der Waals surface area contributed by atoms with Crippen LogP contribution in [0.3, 0.4) is 0 Å². The van der Waals surface area contributed by atoms with Gasteiger partial charge in [-0.1, -0.05) is 6.42 Å². The maximum absolute atomic E-state index is 11.2. The largest absolute Gasteiger partial charge is 0.481 e. The fourth-order valence-corrected chi connectivity index (χ4v) is 2.01. The number of nitrogens with one attached hydrogen (secondary N) is 1. The molecule has 0 amide bonds. The molecular weight excluding hydrogens is 250 g/mol. The molecule has 0 saturated heterocycles. The Bertz CT molecular complexity index is 452. The first-order valence-corrected chi connectivity index (χ1v) is 6.04. The van der Waals surface area contributed by atoms with Gasteiger partial charge in [0.15, 0.2) is 0 Å². The van der Waals surface area contributed by atoms with E-state index in [4.69, 9.17) is 9.47 Å². The van der Waals surface area contributed by atoms with Crippen LogP contribution in [0.5, 0.6) is 11.8 Å². The molecule has 0 radical (unpaired) electrons. The van der Waals surface area contributed by atoms with Crippen LogP contribution in [0.15, 0.2) is 6.07 Å². The molecule has 1 saturated carbocycles. The van der Waals surface area contributed by atoms with Gasteiger partial charge in [0.2, 0.25) is 17.7 Å². The van der Waals surface area contributed by atoms with Gasteiger partial charge in [0.1, 0.15) is 0 Å². The van der Waals surface area contributed by atoms with Gasteiger partial charge in [0.25, 0.3) is 0 Å². The summed E-state index contributed by atoms with van der Waals surface area (Å²) in [4.78, 5) is 19.4. The lowest BCUT2D eigenvalue weighted by atomic mass is 9.69. The topological polar surface area (TPSA) is 93.6 Å². The highest BCUT2D eigenvalue weighted by Crippen LogP contribution is 2.41. The average molecular weight is 267 g/mol. The van der Waals surface area contributed by atoms with Crippen molar-refractivity contribution < 1.29 is 19.4 Å². The third-order valence-corrected chi connectivity index (χ3v) is 3.45. The molecule has 104 valence electrons. The lowest BCUT2D eigenvalue weighted by Crippen LogP contribution is -2.43. The number of hydrogen-bond donors (Lipinski definition) is 2. The molecule has 0 bridgehead atoms. The van der Waals surface area contributed by atoms with Crippen LogP contribution in [-0.2, 0) is 4.79 Å². The van der Waals surface area contributed by atoms with E-state index in [9.17, 15) is 9.90 Å². The summed E-state index contributed by atoms with van der Waals surface area (Å²) in [5.41, 5.74) is -0.695. The van der Waals surface area contributed by atoms with Gasteiger partial charge >= 0.3 is 5.97 Å². The fourth-order valence-electron chi connectivity index (χ4n) is 2.01. The highest BCUT2D eigenvalue weighted by molar-refractivity contribution is 5.76. The van der Waals surface area contributed by atoms with Crippen molar-refractivity contribution in [3.8, 4) is 11.8 Å². The van der Waals surface area contributed by atoms with E-state index in [-0.39, 0.29) is 0 Å². The van der Waals surface area contributed by atoms with E-state index < -0.39 is 11.4 Å². The Balaban J connectivity index is 2.08. The smallest absolute Gasteiger partial charge is 0.311 e. The molecule has 7 nitrogen and oxygen atoms in total. The van der Waals surface area contributed by atoms with Crippen molar-refractivity contribution in [2.45, 2.75) is 19.3 Å². The van der Waals surface area contributed by atoms with Crippen LogP contribution in [0.1, 0.15) is 19.3 Å². The molecule has 0 atom stereocenters. The molecule has 1 aromatic rings. The molecule has 1 aliphatic carbocycles. The summed E-state index contributed by atoms with van der Waals surface area (Å²) < 4.78 is 10.1. The van der Waals surface area contributed by atoms with E-state index in [1.54, 1.807) is 6.07 Å². The average Bonchev–Trinajstić information content (AvgIpc) is 2.36. The Morgan fingerprint density at radius 2 is 1.95 bits per heavy atom. The Labute approximate surface area is 111 Å². The van der Waals surface area contributed by atoms with Gasteiger partial charge in [-0.15, -0.1) is 0 Å². The van der Waals surface area contributed by atoms with E-state index >= 15 is 0 Å². The molecule has 19 heavy (non-hydrogen) atoms. The van der Waals surface area contributed by atoms with Crippen LogP contribution in [0.2, 0.25) is 0 Å². The Morgan fingerprint density at radius 3 is 2.32 bits per heavy atom. The lowest BCUT2D eigenvalue weighted by molar-refractivity contribution is -0.153. The summed E-state index contributed by atoms with van der Waals surface area (Å²) in [5.74, 6) is 0.268. The van der Waals surface area contributed by atoms with Crippen molar-refractivity contribution in [1.29, 1.82) is 0 Å². The predicted molar refractivity (Wildman–Crippen MR) is 67.5 cm³/mol. The summed E-state index contributed by atoms with van der Waals surface area (Å²) in [6, 6.07) is 1.56. The maximum atomic E-state index is 11.2. The quantitative estimate of drug-likeness (QED) is 0.798. The second-order valence-corrected chi connectivity index (χ2v) is 4.57. The van der Waals surface area contributed by atoms with Crippen LogP contribution in [0.25, 0.3) is 0 Å². The number of hydrogen-bond acceptors (Lipinski definition) is 6. The second-order valence-electron chi connectivity index (χ2n) is 4.57. The Morgan fingerprint density at radius 1 is 1.37 bits per heavy atom. The van der Waals surface area contributed by atoms with Gasteiger partial charge in [-0.25, -0.2) is 0 Å². The van der Waals surface area contributed by atoms with Crippen LogP contribution in [-0.4, -0.2) is 41.8 Å². The molecule has 7 heteroatoms. The van der Waals surface area contributed by atoms with E-state index in [1.165, 1.54) is 14.2 Å². The van der Waals surface area contributed by atoms with Gasteiger partial charge in [-0.3, -0.25) is 4.79 Å². The zero-order valence-electron chi connectivity index (χ0n) is 11.0. The van der Waals surface area contributed by atoms with E-state index in [1.807, 2.05) is 0 Å². The number of rotatable bonds is 6. The molecular formula is C12H17N3O4. The van der Waals surface area contributed by atoms with Crippen LogP contribution >= 0.6 is 0 Å². The highest BCUT2D eigenvalue weighted by Gasteiger charge is 2.44. The minimum Gasteiger partial charge on any atom is -0.481 e. The van der Waals surface area contributed by atoms with Gasteiger partial charge in [-0.2, -0.15) is 9.97 Å². The van der Waals surface area contributed by atoms with Crippen molar-refractivity contribution >= 4 is 11.9 Å². The standard InChI is InChI=1S/C12H17N3O4/c1-18-8-6-9(19-2)15-11(14-8)13-7-12(10(16)17)4-3-5-12/h6H,3-5,7H2,1-2H3,(H,16,17)(H,13,14,15). The molecule has 0 spiro atoms. The fraction of sp³-hybridized carbons (Fsp3) is 0.583. The van der Waals surface area contributed by atoms with Crippen molar-refractivity contribution in [1.82, 2.24) is 9.97 Å². The first kappa shape index (κ1) is 13.4. The molecule has 1 heterocycles. The van der Waals surface area contributed by atoms with Crippen molar-refractivity contribution in [3.63, 3.8) is 0 Å². The molecule has 0 aromatic carbocycles. The number of carbonyl (C=O) groups is 1. The highest BCUT2D eigenvalue weighted by atomic mass is 16.5. The number of ether oxygens (including phenoxy) is 2. The SMILES string of the molecule is COc1cc(OC)nc(NCC2(C(=O)O)CCC2)n1. The number of anilines is 1.